The van der Waals surface area contributed by atoms with Crippen LogP contribution in [0.25, 0.3) is 0 Å². The lowest BCUT2D eigenvalue weighted by Gasteiger charge is -2.33. The molecule has 0 radical (unpaired) electrons. The summed E-state index contributed by atoms with van der Waals surface area (Å²) in [6, 6.07) is 15.4. The van der Waals surface area contributed by atoms with Gasteiger partial charge in [0.1, 0.15) is 11.5 Å². The summed E-state index contributed by atoms with van der Waals surface area (Å²) in [5.41, 5.74) is 1.78. The Morgan fingerprint density at radius 2 is 0.900 bits per heavy atom. The minimum Gasteiger partial charge on any atom is -0.490 e. The molecule has 2 atom stereocenters. The Hall–Kier alpha value is -4.08. The Bertz CT molecular complexity index is 1290. The molecule has 0 aliphatic heterocycles. The highest BCUT2D eigenvalue weighted by Gasteiger charge is 2.45. The summed E-state index contributed by atoms with van der Waals surface area (Å²) in [4.78, 5) is 55.3. The predicted molar refractivity (Wildman–Crippen MR) is 188 cm³/mol. The van der Waals surface area contributed by atoms with E-state index in [0.717, 1.165) is 48.3 Å². The van der Waals surface area contributed by atoms with E-state index in [9.17, 15) is 19.2 Å². The van der Waals surface area contributed by atoms with Crippen molar-refractivity contribution in [2.75, 3.05) is 13.1 Å². The number of carbonyl (C=O) groups is 4. The van der Waals surface area contributed by atoms with Gasteiger partial charge in [-0.15, -0.1) is 0 Å². The first kappa shape index (κ1) is 37.2. The average molecular weight is 691 g/mol. The third-order valence-corrected chi connectivity index (χ3v) is 10.1. The fourth-order valence-corrected chi connectivity index (χ4v) is 7.06. The molecular weight excluding hydrogens is 636 g/mol. The van der Waals surface area contributed by atoms with Gasteiger partial charge in [0.25, 0.3) is 0 Å². The second kappa shape index (κ2) is 18.8. The molecule has 2 aromatic carbocycles. The second-order valence-corrected chi connectivity index (χ2v) is 14.1. The number of benzene rings is 2. The van der Waals surface area contributed by atoms with Crippen molar-refractivity contribution < 1.29 is 38.1 Å². The van der Waals surface area contributed by atoms with Gasteiger partial charge in [-0.3, -0.25) is 9.59 Å². The topological polar surface area (TPSA) is 112 Å². The van der Waals surface area contributed by atoms with Crippen LogP contribution in [0, 0.1) is 11.8 Å². The Labute approximate surface area is 296 Å². The normalized spacial score (nSPS) is 19.5. The summed E-state index contributed by atoms with van der Waals surface area (Å²) >= 11 is 0. The fraction of sp³-hybridized carbons (Fsp3) is 0.600. The average Bonchev–Trinajstić information content (AvgIpc) is 3.10. The van der Waals surface area contributed by atoms with Crippen molar-refractivity contribution in [2.24, 2.45) is 11.8 Å². The number of nitrogens with zero attached hydrogens (tertiary/aromatic N) is 2. The summed E-state index contributed by atoms with van der Waals surface area (Å²) in [7, 11) is 0. The summed E-state index contributed by atoms with van der Waals surface area (Å²) in [5.74, 6) is -1.59. The van der Waals surface area contributed by atoms with Crippen molar-refractivity contribution in [1.29, 1.82) is 0 Å². The van der Waals surface area contributed by atoms with Gasteiger partial charge in [0.2, 0.25) is 0 Å². The monoisotopic (exact) mass is 690 g/mol. The summed E-state index contributed by atoms with van der Waals surface area (Å²) in [5, 5.41) is 0. The largest absolute Gasteiger partial charge is 0.490 e. The molecule has 0 saturated heterocycles. The molecule has 3 saturated carbocycles. The van der Waals surface area contributed by atoms with E-state index in [1.54, 1.807) is 0 Å². The molecular formula is C40H54N2O8. The van der Waals surface area contributed by atoms with Crippen LogP contribution in [0.5, 0.6) is 11.5 Å². The Balaban J connectivity index is 1.09. The number of rotatable bonds is 14. The van der Waals surface area contributed by atoms with Crippen LogP contribution in [0.3, 0.4) is 0 Å². The molecule has 5 rings (SSSR count). The summed E-state index contributed by atoms with van der Waals surface area (Å²) < 4.78 is 22.8. The first-order valence-electron chi connectivity index (χ1n) is 18.8. The van der Waals surface area contributed by atoms with Gasteiger partial charge in [-0.1, -0.05) is 51.0 Å². The molecule has 2 unspecified atom stereocenters. The zero-order valence-corrected chi connectivity index (χ0v) is 29.8. The third-order valence-electron chi connectivity index (χ3n) is 10.1. The van der Waals surface area contributed by atoms with E-state index >= 15 is 0 Å². The lowest BCUT2D eigenvalue weighted by Crippen LogP contribution is -2.44. The maximum Gasteiger partial charge on any atom is 0.417 e. The van der Waals surface area contributed by atoms with Crippen LogP contribution in [-0.4, -0.2) is 59.2 Å². The summed E-state index contributed by atoms with van der Waals surface area (Å²) in [6.07, 6.45) is 12.7. The van der Waals surface area contributed by atoms with Gasteiger partial charge in [-0.25, -0.2) is 9.59 Å². The van der Waals surface area contributed by atoms with Crippen molar-refractivity contribution in [1.82, 2.24) is 9.80 Å². The van der Waals surface area contributed by atoms with E-state index in [1.807, 2.05) is 62.4 Å². The van der Waals surface area contributed by atoms with Gasteiger partial charge in [-0.2, -0.15) is 0 Å². The molecule has 0 spiro atoms. The number of carbonyl (C=O) groups excluding carboxylic acids is 4. The number of hydrogen-bond donors (Lipinski definition) is 0. The van der Waals surface area contributed by atoms with E-state index in [0.29, 0.717) is 38.8 Å². The molecule has 3 aliphatic carbocycles. The van der Waals surface area contributed by atoms with Gasteiger partial charge < -0.3 is 28.7 Å². The quantitative estimate of drug-likeness (QED) is 0.143. The Morgan fingerprint density at radius 3 is 1.22 bits per heavy atom. The molecule has 0 heterocycles. The zero-order chi connectivity index (χ0) is 35.3. The van der Waals surface area contributed by atoms with Crippen LogP contribution in [0.1, 0.15) is 115 Å². The number of hydrogen-bond acceptors (Lipinski definition) is 8. The highest BCUT2D eigenvalue weighted by Crippen LogP contribution is 2.37. The molecule has 0 N–H and O–H groups in total. The first-order chi connectivity index (χ1) is 24.3. The van der Waals surface area contributed by atoms with Gasteiger partial charge in [0.15, 0.2) is 0 Å². The number of esters is 2. The molecule has 0 aromatic heterocycles. The molecule has 50 heavy (non-hydrogen) atoms. The lowest BCUT2D eigenvalue weighted by atomic mass is 9.74. The molecule has 3 fully saturated rings. The molecule has 3 aliphatic rings. The highest BCUT2D eigenvalue weighted by atomic mass is 16.6. The Kier molecular flexibility index (Phi) is 14.0. The van der Waals surface area contributed by atoms with Crippen molar-refractivity contribution in [3.63, 3.8) is 0 Å². The number of amides is 2. The van der Waals surface area contributed by atoms with Crippen LogP contribution in [-0.2, 0) is 32.2 Å². The van der Waals surface area contributed by atoms with Gasteiger partial charge in [0, 0.05) is 26.2 Å². The Morgan fingerprint density at radius 1 is 0.540 bits per heavy atom. The highest BCUT2D eigenvalue weighted by molar-refractivity contribution is 5.93. The maximum atomic E-state index is 13.1. The maximum absolute atomic E-state index is 13.1. The van der Waals surface area contributed by atoms with Crippen LogP contribution in [0.15, 0.2) is 48.5 Å². The first-order valence-corrected chi connectivity index (χ1v) is 18.8. The molecule has 2 aromatic rings. The molecule has 272 valence electrons. The minimum atomic E-state index is -0.838. The molecule has 2 amide bonds. The fourth-order valence-electron chi connectivity index (χ4n) is 7.06. The smallest absolute Gasteiger partial charge is 0.417 e. The SMILES string of the molecule is CCCN(Cc1ccc(OC2CCCCC2)cc1)C(=O)OC(=O)C1CCC1C(=O)OC(=O)N(CCC)Cc1ccc(OC2CCCCC2)cc1. The second-order valence-electron chi connectivity index (χ2n) is 14.1. The standard InChI is InChI=1S/C40H54N2O8/c1-3-25-41(27-29-15-19-33(20-16-29)47-31-11-7-5-8-12-31)39(45)49-37(43)35-23-24-36(35)38(44)50-40(46)42(26-4-2)28-30-17-21-34(22-18-30)48-32-13-9-6-10-14-32/h15-22,31-32,35-36H,3-14,23-28H2,1-2H3. The lowest BCUT2D eigenvalue weighted by molar-refractivity contribution is -0.161. The van der Waals surface area contributed by atoms with Gasteiger partial charge >= 0.3 is 24.1 Å². The van der Waals surface area contributed by atoms with Crippen molar-refractivity contribution in [2.45, 2.75) is 129 Å². The van der Waals surface area contributed by atoms with Gasteiger partial charge in [-0.05, 0) is 112 Å². The van der Waals surface area contributed by atoms with Crippen LogP contribution in [0.4, 0.5) is 9.59 Å². The van der Waals surface area contributed by atoms with Crippen LogP contribution in [0.2, 0.25) is 0 Å². The van der Waals surface area contributed by atoms with E-state index in [4.69, 9.17) is 18.9 Å². The molecule has 10 heteroatoms. The van der Waals surface area contributed by atoms with Crippen molar-refractivity contribution >= 4 is 24.1 Å². The van der Waals surface area contributed by atoms with E-state index in [-0.39, 0.29) is 25.3 Å². The van der Waals surface area contributed by atoms with Gasteiger partial charge in [0.05, 0.1) is 24.0 Å². The van der Waals surface area contributed by atoms with Crippen LogP contribution < -0.4 is 9.47 Å². The van der Waals surface area contributed by atoms with E-state index < -0.39 is 36.0 Å². The van der Waals surface area contributed by atoms with E-state index in [1.165, 1.54) is 48.3 Å². The van der Waals surface area contributed by atoms with Crippen LogP contribution >= 0.6 is 0 Å². The van der Waals surface area contributed by atoms with Crippen molar-refractivity contribution in [3.8, 4) is 11.5 Å². The zero-order valence-electron chi connectivity index (χ0n) is 29.8. The van der Waals surface area contributed by atoms with E-state index in [2.05, 4.69) is 0 Å². The number of ether oxygens (including phenoxy) is 4. The summed E-state index contributed by atoms with van der Waals surface area (Å²) in [6.45, 7) is 5.25. The third kappa shape index (κ3) is 10.7. The molecule has 10 nitrogen and oxygen atoms in total. The van der Waals surface area contributed by atoms with Crippen molar-refractivity contribution in [3.05, 3.63) is 59.7 Å². The minimum absolute atomic E-state index is 0.252. The molecule has 0 bridgehead atoms. The predicted octanol–water partition coefficient (Wildman–Crippen LogP) is 8.59.